The predicted octanol–water partition coefficient (Wildman–Crippen LogP) is 1.57. The standard InChI is InChI=1S/C16H20BNO2/c1-3-13-7-9-16(10-8-13)18(2)12-14-5-4-6-15(11-14)17(19)20/h4-11,19-20H,3,12H2,1-2H3. The molecule has 0 amide bonds. The van der Waals surface area contributed by atoms with Crippen LogP contribution in [0.4, 0.5) is 5.69 Å². The molecule has 2 N–H and O–H groups in total. The monoisotopic (exact) mass is 269 g/mol. The van der Waals surface area contributed by atoms with Crippen molar-refractivity contribution < 1.29 is 10.0 Å². The van der Waals surface area contributed by atoms with Gasteiger partial charge in [0.25, 0.3) is 0 Å². The number of anilines is 1. The summed E-state index contributed by atoms with van der Waals surface area (Å²) in [5.41, 5.74) is 4.06. The molecule has 0 radical (unpaired) electrons. The molecule has 0 atom stereocenters. The number of aryl methyl sites for hydroxylation is 1. The van der Waals surface area contributed by atoms with Crippen LogP contribution in [0, 0.1) is 0 Å². The average Bonchev–Trinajstić information content (AvgIpc) is 2.47. The quantitative estimate of drug-likeness (QED) is 0.810. The van der Waals surface area contributed by atoms with Crippen LogP contribution in [-0.4, -0.2) is 24.2 Å². The zero-order valence-corrected chi connectivity index (χ0v) is 12.0. The summed E-state index contributed by atoms with van der Waals surface area (Å²) in [6.07, 6.45) is 1.04. The highest BCUT2D eigenvalue weighted by molar-refractivity contribution is 6.58. The number of rotatable bonds is 5. The Morgan fingerprint density at radius 3 is 2.30 bits per heavy atom. The van der Waals surface area contributed by atoms with Crippen molar-refractivity contribution in [3.63, 3.8) is 0 Å². The maximum atomic E-state index is 9.20. The number of nitrogens with zero attached hydrogens (tertiary/aromatic N) is 1. The van der Waals surface area contributed by atoms with Crippen LogP contribution in [0.3, 0.4) is 0 Å². The number of hydrogen-bond acceptors (Lipinski definition) is 3. The highest BCUT2D eigenvalue weighted by Gasteiger charge is 2.11. The summed E-state index contributed by atoms with van der Waals surface area (Å²) in [6.45, 7) is 2.87. The Balaban J connectivity index is 2.10. The van der Waals surface area contributed by atoms with Crippen molar-refractivity contribution in [2.45, 2.75) is 19.9 Å². The van der Waals surface area contributed by atoms with Crippen LogP contribution >= 0.6 is 0 Å². The van der Waals surface area contributed by atoms with Crippen molar-refractivity contribution in [3.05, 3.63) is 59.7 Å². The second-order valence-electron chi connectivity index (χ2n) is 4.99. The maximum Gasteiger partial charge on any atom is 0.488 e. The fraction of sp³-hybridized carbons (Fsp3) is 0.250. The van der Waals surface area contributed by atoms with Crippen LogP contribution in [0.5, 0.6) is 0 Å². The zero-order valence-electron chi connectivity index (χ0n) is 12.0. The van der Waals surface area contributed by atoms with Crippen LogP contribution in [0.25, 0.3) is 0 Å². The maximum absolute atomic E-state index is 9.20. The molecule has 4 heteroatoms. The van der Waals surface area contributed by atoms with E-state index in [2.05, 4.69) is 36.1 Å². The van der Waals surface area contributed by atoms with Gasteiger partial charge in [0.1, 0.15) is 0 Å². The van der Waals surface area contributed by atoms with Crippen LogP contribution in [-0.2, 0) is 13.0 Å². The third-order valence-corrected chi connectivity index (χ3v) is 3.45. The summed E-state index contributed by atoms with van der Waals surface area (Å²) in [5, 5.41) is 18.4. The average molecular weight is 269 g/mol. The van der Waals surface area contributed by atoms with Crippen molar-refractivity contribution >= 4 is 18.3 Å². The molecule has 0 aliphatic carbocycles. The Morgan fingerprint density at radius 1 is 1.00 bits per heavy atom. The minimum absolute atomic E-state index is 0.525. The van der Waals surface area contributed by atoms with Gasteiger partial charge in [0.05, 0.1) is 0 Å². The molecule has 2 aromatic rings. The fourth-order valence-electron chi connectivity index (χ4n) is 2.20. The van der Waals surface area contributed by atoms with E-state index in [0.29, 0.717) is 5.46 Å². The van der Waals surface area contributed by atoms with E-state index in [-0.39, 0.29) is 0 Å². The smallest absolute Gasteiger partial charge is 0.423 e. The molecule has 0 aromatic heterocycles. The van der Waals surface area contributed by atoms with Gasteiger partial charge in [-0.25, -0.2) is 0 Å². The molecule has 104 valence electrons. The molecule has 0 saturated heterocycles. The molecule has 0 aliphatic rings. The topological polar surface area (TPSA) is 43.7 Å². The first-order valence-electron chi connectivity index (χ1n) is 6.85. The molecule has 0 saturated carbocycles. The first kappa shape index (κ1) is 14.6. The van der Waals surface area contributed by atoms with E-state index in [0.717, 1.165) is 24.2 Å². The zero-order chi connectivity index (χ0) is 14.5. The molecule has 3 nitrogen and oxygen atoms in total. The molecule has 2 rings (SSSR count). The van der Waals surface area contributed by atoms with Crippen LogP contribution < -0.4 is 10.4 Å². The summed E-state index contributed by atoms with van der Waals surface area (Å²) in [7, 11) is 0.618. The summed E-state index contributed by atoms with van der Waals surface area (Å²) in [6, 6.07) is 15.9. The first-order valence-corrected chi connectivity index (χ1v) is 6.85. The fourth-order valence-corrected chi connectivity index (χ4v) is 2.20. The summed E-state index contributed by atoms with van der Waals surface area (Å²) in [4.78, 5) is 2.14. The first-order chi connectivity index (χ1) is 9.60. The van der Waals surface area contributed by atoms with Gasteiger partial charge in [-0.1, -0.05) is 43.3 Å². The lowest BCUT2D eigenvalue weighted by Crippen LogP contribution is -2.30. The molecule has 0 heterocycles. The SMILES string of the molecule is CCc1ccc(N(C)Cc2cccc(B(O)O)c2)cc1. The third-order valence-electron chi connectivity index (χ3n) is 3.45. The van der Waals surface area contributed by atoms with Crippen molar-refractivity contribution in [2.75, 3.05) is 11.9 Å². The van der Waals surface area contributed by atoms with Gasteiger partial charge < -0.3 is 14.9 Å². The highest BCUT2D eigenvalue weighted by Crippen LogP contribution is 2.16. The Morgan fingerprint density at radius 2 is 1.70 bits per heavy atom. The normalized spacial score (nSPS) is 10.4. The second kappa shape index (κ2) is 6.59. The summed E-state index contributed by atoms with van der Waals surface area (Å²) < 4.78 is 0. The Labute approximate surface area is 120 Å². The minimum Gasteiger partial charge on any atom is -0.423 e. The van der Waals surface area contributed by atoms with Gasteiger partial charge in [0.2, 0.25) is 0 Å². The van der Waals surface area contributed by atoms with Gasteiger partial charge >= 0.3 is 7.12 Å². The van der Waals surface area contributed by atoms with Gasteiger partial charge in [0, 0.05) is 19.3 Å². The van der Waals surface area contributed by atoms with Gasteiger partial charge in [-0.05, 0) is 35.1 Å². The van der Waals surface area contributed by atoms with Crippen LogP contribution in [0.15, 0.2) is 48.5 Å². The lowest BCUT2D eigenvalue weighted by atomic mass is 9.79. The van der Waals surface area contributed by atoms with E-state index < -0.39 is 7.12 Å². The summed E-state index contributed by atoms with van der Waals surface area (Å²) >= 11 is 0. The van der Waals surface area contributed by atoms with Gasteiger partial charge in [0.15, 0.2) is 0 Å². The predicted molar refractivity (Wildman–Crippen MR) is 84.2 cm³/mol. The van der Waals surface area contributed by atoms with E-state index in [9.17, 15) is 10.0 Å². The molecule has 0 bridgehead atoms. The molecule has 2 aromatic carbocycles. The van der Waals surface area contributed by atoms with Crippen molar-refractivity contribution in [1.82, 2.24) is 0 Å². The molecular weight excluding hydrogens is 249 g/mol. The molecular formula is C16H20BNO2. The second-order valence-corrected chi connectivity index (χ2v) is 4.99. The Bertz CT molecular complexity index is 555. The lowest BCUT2D eigenvalue weighted by molar-refractivity contribution is 0.425. The van der Waals surface area contributed by atoms with Crippen LogP contribution in [0.2, 0.25) is 0 Å². The lowest BCUT2D eigenvalue weighted by Gasteiger charge is -2.20. The molecule has 20 heavy (non-hydrogen) atoms. The minimum atomic E-state index is -1.41. The summed E-state index contributed by atoms with van der Waals surface area (Å²) in [5.74, 6) is 0. The Hall–Kier alpha value is -1.78. The largest absolute Gasteiger partial charge is 0.488 e. The van der Waals surface area contributed by atoms with E-state index in [1.54, 1.807) is 6.07 Å². The number of hydrogen-bond donors (Lipinski definition) is 2. The number of benzene rings is 2. The molecule has 0 unspecified atom stereocenters. The van der Waals surface area contributed by atoms with Gasteiger partial charge in [-0.15, -0.1) is 0 Å². The Kier molecular flexibility index (Phi) is 4.82. The van der Waals surface area contributed by atoms with Gasteiger partial charge in [-0.2, -0.15) is 0 Å². The highest BCUT2D eigenvalue weighted by atomic mass is 16.4. The van der Waals surface area contributed by atoms with Crippen molar-refractivity contribution in [2.24, 2.45) is 0 Å². The van der Waals surface area contributed by atoms with E-state index in [1.807, 2.05) is 25.2 Å². The molecule has 0 spiro atoms. The van der Waals surface area contributed by atoms with Crippen LogP contribution in [0.1, 0.15) is 18.1 Å². The van der Waals surface area contributed by atoms with E-state index >= 15 is 0 Å². The van der Waals surface area contributed by atoms with Crippen molar-refractivity contribution in [1.29, 1.82) is 0 Å². The van der Waals surface area contributed by atoms with E-state index in [1.165, 1.54) is 5.56 Å². The molecule has 0 aliphatic heterocycles. The third kappa shape index (κ3) is 3.62. The molecule has 0 fully saturated rings. The van der Waals surface area contributed by atoms with Gasteiger partial charge in [-0.3, -0.25) is 0 Å². The van der Waals surface area contributed by atoms with Crippen molar-refractivity contribution in [3.8, 4) is 0 Å². The van der Waals surface area contributed by atoms with E-state index in [4.69, 9.17) is 0 Å².